The second kappa shape index (κ2) is 5.62. The number of nitrogens with zero attached hydrogens (tertiary/aromatic N) is 1. The average Bonchev–Trinajstić information content (AvgIpc) is 3.23. The number of benzene rings is 1. The van der Waals surface area contributed by atoms with Crippen LogP contribution in [-0.4, -0.2) is 27.2 Å². The highest BCUT2D eigenvalue weighted by Gasteiger charge is 2.33. The van der Waals surface area contributed by atoms with Gasteiger partial charge in [0.15, 0.2) is 0 Å². The second-order valence-corrected chi connectivity index (χ2v) is 6.33. The van der Waals surface area contributed by atoms with Crippen LogP contribution in [0.5, 0.6) is 0 Å². The number of rotatable bonds is 5. The Labute approximate surface area is 117 Å². The van der Waals surface area contributed by atoms with E-state index in [0.29, 0.717) is 0 Å². The highest BCUT2D eigenvalue weighted by Crippen LogP contribution is 2.31. The summed E-state index contributed by atoms with van der Waals surface area (Å²) < 4.78 is 28.7. The highest BCUT2D eigenvalue weighted by molar-refractivity contribution is 7.89. The molecule has 0 aromatic heterocycles. The quantitative estimate of drug-likeness (QED) is 0.503. The third-order valence-electron chi connectivity index (χ3n) is 2.98. The second-order valence-electron chi connectivity index (χ2n) is 4.67. The molecule has 0 heterocycles. The van der Waals surface area contributed by atoms with E-state index in [-0.39, 0.29) is 16.5 Å². The Balaban J connectivity index is 2.19. The normalized spacial score (nSPS) is 15.8. The maximum absolute atomic E-state index is 12.0. The smallest absolute Gasteiger partial charge is 0.354 e. The number of methoxy groups -OCH3 is 1. The Morgan fingerprint density at radius 3 is 2.40 bits per heavy atom. The fourth-order valence-electron chi connectivity index (χ4n) is 1.64. The lowest BCUT2D eigenvalue weighted by molar-refractivity contribution is -0.132. The molecule has 0 unspecified atom stereocenters. The molecule has 1 aliphatic rings. The predicted molar refractivity (Wildman–Crippen MR) is 73.7 cm³/mol. The molecule has 0 amide bonds. The van der Waals surface area contributed by atoms with Crippen molar-refractivity contribution in [3.63, 3.8) is 0 Å². The molecule has 2 rings (SSSR count). The SMILES string of the molecule is COC(=O)/C(=N\NS(=O)(=O)c1ccc(C)cc1)C1CC1. The molecule has 0 aliphatic heterocycles. The Kier molecular flexibility index (Phi) is 4.08. The molecular weight excluding hydrogens is 280 g/mol. The largest absolute Gasteiger partial charge is 0.464 e. The molecule has 1 fully saturated rings. The fraction of sp³-hybridized carbons (Fsp3) is 0.385. The van der Waals surface area contributed by atoms with Gasteiger partial charge in [0.25, 0.3) is 10.0 Å². The number of sulfonamides is 1. The van der Waals surface area contributed by atoms with E-state index in [1.165, 1.54) is 19.2 Å². The Bertz CT molecular complexity index is 631. The summed E-state index contributed by atoms with van der Waals surface area (Å²) in [5.74, 6) is -0.609. The van der Waals surface area contributed by atoms with Gasteiger partial charge in [-0.1, -0.05) is 17.7 Å². The summed E-state index contributed by atoms with van der Waals surface area (Å²) in [5, 5.41) is 3.73. The number of hydrogen-bond donors (Lipinski definition) is 1. The summed E-state index contributed by atoms with van der Waals surface area (Å²) in [7, 11) is -2.52. The zero-order valence-corrected chi connectivity index (χ0v) is 12.1. The van der Waals surface area contributed by atoms with Gasteiger partial charge in [-0.3, -0.25) is 0 Å². The van der Waals surface area contributed by atoms with E-state index in [2.05, 4.69) is 14.7 Å². The van der Waals surface area contributed by atoms with Gasteiger partial charge in [0.2, 0.25) is 0 Å². The molecule has 20 heavy (non-hydrogen) atoms. The molecular formula is C13H16N2O4S. The van der Waals surface area contributed by atoms with Gasteiger partial charge in [-0.2, -0.15) is 18.4 Å². The van der Waals surface area contributed by atoms with E-state index < -0.39 is 16.0 Å². The van der Waals surface area contributed by atoms with Gasteiger partial charge in [0.05, 0.1) is 12.0 Å². The van der Waals surface area contributed by atoms with Crippen molar-refractivity contribution in [2.45, 2.75) is 24.7 Å². The van der Waals surface area contributed by atoms with Crippen LogP contribution in [0.1, 0.15) is 18.4 Å². The van der Waals surface area contributed by atoms with Gasteiger partial charge in [0, 0.05) is 5.92 Å². The number of ether oxygens (including phenoxy) is 1. The molecule has 0 bridgehead atoms. The van der Waals surface area contributed by atoms with Crippen molar-refractivity contribution in [2.75, 3.05) is 7.11 Å². The van der Waals surface area contributed by atoms with Crippen LogP contribution in [0, 0.1) is 12.8 Å². The minimum absolute atomic E-state index is 0.0110. The maximum Gasteiger partial charge on any atom is 0.354 e. The standard InChI is InChI=1S/C13H16N2O4S/c1-9-3-7-11(8-4-9)20(17,18)15-14-12(10-5-6-10)13(16)19-2/h3-4,7-8,10,15H,5-6H2,1-2H3/b14-12-. The van der Waals surface area contributed by atoms with Gasteiger partial charge in [0.1, 0.15) is 5.71 Å². The zero-order chi connectivity index (χ0) is 14.8. The molecule has 6 nitrogen and oxygen atoms in total. The third kappa shape index (κ3) is 3.36. The first-order chi connectivity index (χ1) is 9.44. The third-order valence-corrected chi connectivity index (χ3v) is 4.20. The summed E-state index contributed by atoms with van der Waals surface area (Å²) in [6.45, 7) is 1.87. The molecule has 0 saturated heterocycles. The van der Waals surface area contributed by atoms with Gasteiger partial charge >= 0.3 is 5.97 Å². The number of aryl methyl sites for hydroxylation is 1. The lowest BCUT2D eigenvalue weighted by Crippen LogP contribution is -2.25. The first kappa shape index (κ1) is 14.5. The molecule has 0 spiro atoms. The van der Waals surface area contributed by atoms with Crippen LogP contribution in [-0.2, 0) is 19.6 Å². The summed E-state index contributed by atoms with van der Waals surface area (Å²) in [6, 6.07) is 6.37. The fourth-order valence-corrected chi connectivity index (χ4v) is 2.46. The van der Waals surface area contributed by atoms with Crippen molar-refractivity contribution >= 4 is 21.7 Å². The molecule has 1 saturated carbocycles. The van der Waals surface area contributed by atoms with Gasteiger partial charge in [-0.05, 0) is 31.9 Å². The van der Waals surface area contributed by atoms with Crippen molar-refractivity contribution in [1.82, 2.24) is 4.83 Å². The van der Waals surface area contributed by atoms with Crippen molar-refractivity contribution < 1.29 is 17.9 Å². The number of carbonyl (C=O) groups is 1. The van der Waals surface area contributed by atoms with Crippen LogP contribution >= 0.6 is 0 Å². The first-order valence-electron chi connectivity index (χ1n) is 6.18. The molecule has 7 heteroatoms. The topological polar surface area (TPSA) is 84.8 Å². The van der Waals surface area contributed by atoms with Crippen LogP contribution in [0.15, 0.2) is 34.3 Å². The van der Waals surface area contributed by atoms with Gasteiger partial charge < -0.3 is 4.74 Å². The number of esters is 1. The maximum atomic E-state index is 12.0. The summed E-state index contributed by atoms with van der Waals surface area (Å²) in [5.41, 5.74) is 1.09. The molecule has 1 aromatic rings. The van der Waals surface area contributed by atoms with Crippen LogP contribution in [0.25, 0.3) is 0 Å². The summed E-state index contributed by atoms with van der Waals surface area (Å²) in [6.07, 6.45) is 1.64. The minimum Gasteiger partial charge on any atom is -0.464 e. The van der Waals surface area contributed by atoms with Crippen molar-refractivity contribution in [1.29, 1.82) is 0 Å². The Morgan fingerprint density at radius 1 is 1.30 bits per heavy atom. The highest BCUT2D eigenvalue weighted by atomic mass is 32.2. The van der Waals surface area contributed by atoms with E-state index in [4.69, 9.17) is 0 Å². The van der Waals surface area contributed by atoms with E-state index in [0.717, 1.165) is 18.4 Å². The van der Waals surface area contributed by atoms with Crippen LogP contribution < -0.4 is 4.83 Å². The molecule has 108 valence electrons. The number of nitrogens with one attached hydrogen (secondary N) is 1. The number of carbonyl (C=O) groups excluding carboxylic acids is 1. The average molecular weight is 296 g/mol. The molecule has 1 aliphatic carbocycles. The number of hydrazone groups is 1. The lowest BCUT2D eigenvalue weighted by atomic mass is 10.2. The Hall–Kier alpha value is -1.89. The summed E-state index contributed by atoms with van der Waals surface area (Å²) in [4.78, 5) is 13.7. The van der Waals surface area contributed by atoms with E-state index in [9.17, 15) is 13.2 Å². The van der Waals surface area contributed by atoms with Crippen LogP contribution in [0.3, 0.4) is 0 Å². The zero-order valence-electron chi connectivity index (χ0n) is 11.3. The van der Waals surface area contributed by atoms with Crippen molar-refractivity contribution in [2.24, 2.45) is 11.0 Å². The Morgan fingerprint density at radius 2 is 1.90 bits per heavy atom. The van der Waals surface area contributed by atoms with Crippen molar-refractivity contribution in [3.8, 4) is 0 Å². The van der Waals surface area contributed by atoms with Gasteiger partial charge in [-0.15, -0.1) is 0 Å². The molecule has 1 N–H and O–H groups in total. The van der Waals surface area contributed by atoms with Crippen LogP contribution in [0.2, 0.25) is 0 Å². The minimum atomic E-state index is -3.76. The van der Waals surface area contributed by atoms with E-state index in [1.807, 2.05) is 6.92 Å². The van der Waals surface area contributed by atoms with Crippen molar-refractivity contribution in [3.05, 3.63) is 29.8 Å². The van der Waals surface area contributed by atoms with Crippen LogP contribution in [0.4, 0.5) is 0 Å². The first-order valence-corrected chi connectivity index (χ1v) is 7.66. The predicted octanol–water partition coefficient (Wildman–Crippen LogP) is 1.21. The molecule has 0 atom stereocenters. The molecule has 0 radical (unpaired) electrons. The summed E-state index contributed by atoms with van der Waals surface area (Å²) >= 11 is 0. The van der Waals surface area contributed by atoms with E-state index in [1.54, 1.807) is 12.1 Å². The lowest BCUT2D eigenvalue weighted by Gasteiger charge is -2.06. The monoisotopic (exact) mass is 296 g/mol. The number of hydrogen-bond acceptors (Lipinski definition) is 5. The molecule has 1 aromatic carbocycles. The van der Waals surface area contributed by atoms with Gasteiger partial charge in [-0.25, -0.2) is 4.79 Å². The van der Waals surface area contributed by atoms with E-state index >= 15 is 0 Å².